The first kappa shape index (κ1) is 16.8. The van der Waals surface area contributed by atoms with Gasteiger partial charge in [-0.2, -0.15) is 0 Å². The summed E-state index contributed by atoms with van der Waals surface area (Å²) in [7, 11) is 0. The normalized spacial score (nSPS) is 11.6. The van der Waals surface area contributed by atoms with Crippen LogP contribution in [-0.4, -0.2) is 14.5 Å². The molecule has 0 saturated carbocycles. The first-order valence-electron chi connectivity index (χ1n) is 9.68. The number of rotatable bonds is 8. The largest absolute Gasteiger partial charge is 0.434 e. The second kappa shape index (κ2) is 7.73. The molecule has 2 heterocycles. The summed E-state index contributed by atoms with van der Waals surface area (Å²) in [6.07, 6.45) is 7.66. The average Bonchev–Trinajstić information content (AvgIpc) is 3.26. The summed E-state index contributed by atoms with van der Waals surface area (Å²) in [4.78, 5) is 9.47. The van der Waals surface area contributed by atoms with E-state index in [0.717, 1.165) is 40.9 Å². The molecule has 4 nitrogen and oxygen atoms in total. The highest BCUT2D eigenvalue weighted by molar-refractivity contribution is 5.81. The van der Waals surface area contributed by atoms with Gasteiger partial charge >= 0.3 is 0 Å². The zero-order chi connectivity index (χ0) is 17.8. The van der Waals surface area contributed by atoms with E-state index in [1.165, 1.54) is 32.1 Å². The molecule has 0 bridgehead atoms. The van der Waals surface area contributed by atoms with E-state index in [-0.39, 0.29) is 0 Å². The maximum atomic E-state index is 5.99. The molecule has 4 rings (SSSR count). The summed E-state index contributed by atoms with van der Waals surface area (Å²) in [5.41, 5.74) is 3.83. The predicted octanol–water partition coefficient (Wildman–Crippen LogP) is 6.21. The van der Waals surface area contributed by atoms with Crippen molar-refractivity contribution in [1.29, 1.82) is 0 Å². The van der Waals surface area contributed by atoms with Crippen molar-refractivity contribution in [3.05, 3.63) is 48.5 Å². The van der Waals surface area contributed by atoms with Crippen molar-refractivity contribution in [3.8, 4) is 11.7 Å². The third kappa shape index (κ3) is 3.36. The van der Waals surface area contributed by atoms with Crippen molar-refractivity contribution in [1.82, 2.24) is 14.5 Å². The van der Waals surface area contributed by atoms with Crippen LogP contribution >= 0.6 is 0 Å². The minimum atomic E-state index is 0.605. The van der Waals surface area contributed by atoms with Gasteiger partial charge < -0.3 is 8.98 Å². The Bertz CT molecular complexity index is 966. The van der Waals surface area contributed by atoms with Crippen LogP contribution in [0.3, 0.4) is 0 Å². The Balaban J connectivity index is 1.63. The zero-order valence-electron chi connectivity index (χ0n) is 15.3. The lowest BCUT2D eigenvalue weighted by molar-refractivity contribution is 0.555. The molecule has 0 unspecified atom stereocenters. The van der Waals surface area contributed by atoms with E-state index in [0.29, 0.717) is 5.89 Å². The second-order valence-corrected chi connectivity index (χ2v) is 6.83. The van der Waals surface area contributed by atoms with E-state index in [1.54, 1.807) is 0 Å². The summed E-state index contributed by atoms with van der Waals surface area (Å²) >= 11 is 0. The molecule has 0 aliphatic heterocycles. The van der Waals surface area contributed by atoms with Gasteiger partial charge in [-0.1, -0.05) is 63.3 Å². The van der Waals surface area contributed by atoms with Crippen LogP contribution in [0.2, 0.25) is 0 Å². The number of hydrogen-bond acceptors (Lipinski definition) is 3. The SMILES string of the molecule is CCCCCCCCn1c(-c2nc3ccccc3o2)nc2ccccc21. The Morgan fingerprint density at radius 3 is 2.38 bits per heavy atom. The van der Waals surface area contributed by atoms with Crippen LogP contribution in [0.4, 0.5) is 0 Å². The number of imidazole rings is 1. The number of aromatic nitrogens is 3. The Labute approximate surface area is 153 Å². The lowest BCUT2D eigenvalue weighted by atomic mass is 10.1. The number of unbranched alkanes of at least 4 members (excludes halogenated alkanes) is 5. The summed E-state index contributed by atoms with van der Waals surface area (Å²) < 4.78 is 8.25. The highest BCUT2D eigenvalue weighted by atomic mass is 16.3. The van der Waals surface area contributed by atoms with Crippen molar-refractivity contribution in [2.24, 2.45) is 0 Å². The highest BCUT2D eigenvalue weighted by Crippen LogP contribution is 2.27. The summed E-state index contributed by atoms with van der Waals surface area (Å²) in [5, 5.41) is 0. The molecule has 0 aliphatic rings. The van der Waals surface area contributed by atoms with Gasteiger partial charge in [0.05, 0.1) is 11.0 Å². The van der Waals surface area contributed by atoms with Gasteiger partial charge in [-0.05, 0) is 30.7 Å². The Kier molecular flexibility index (Phi) is 5.00. The fourth-order valence-corrected chi connectivity index (χ4v) is 3.48. The van der Waals surface area contributed by atoms with Crippen LogP contribution in [0.1, 0.15) is 45.4 Å². The third-order valence-corrected chi connectivity index (χ3v) is 4.87. The molecule has 4 heteroatoms. The Hall–Kier alpha value is -2.62. The van der Waals surface area contributed by atoms with E-state index >= 15 is 0 Å². The van der Waals surface area contributed by atoms with Crippen molar-refractivity contribution >= 4 is 22.1 Å². The monoisotopic (exact) mass is 347 g/mol. The van der Waals surface area contributed by atoms with Gasteiger partial charge in [-0.25, -0.2) is 9.97 Å². The molecule has 0 saturated heterocycles. The number of oxazole rings is 1. The zero-order valence-corrected chi connectivity index (χ0v) is 15.3. The number of para-hydroxylation sites is 4. The Morgan fingerprint density at radius 1 is 0.808 bits per heavy atom. The number of nitrogens with zero attached hydrogens (tertiary/aromatic N) is 3. The molecule has 0 amide bonds. The highest BCUT2D eigenvalue weighted by Gasteiger charge is 2.17. The molecule has 0 fully saturated rings. The van der Waals surface area contributed by atoms with Gasteiger partial charge in [-0.15, -0.1) is 0 Å². The first-order valence-corrected chi connectivity index (χ1v) is 9.68. The van der Waals surface area contributed by atoms with Gasteiger partial charge in [-0.3, -0.25) is 0 Å². The van der Waals surface area contributed by atoms with E-state index in [9.17, 15) is 0 Å². The average molecular weight is 347 g/mol. The molecule has 0 radical (unpaired) electrons. The summed E-state index contributed by atoms with van der Waals surface area (Å²) in [5.74, 6) is 1.43. The molecule has 26 heavy (non-hydrogen) atoms. The molecule has 0 spiro atoms. The van der Waals surface area contributed by atoms with E-state index in [4.69, 9.17) is 9.40 Å². The fourth-order valence-electron chi connectivity index (χ4n) is 3.48. The molecule has 4 aromatic rings. The van der Waals surface area contributed by atoms with Crippen molar-refractivity contribution in [3.63, 3.8) is 0 Å². The molecule has 0 aliphatic carbocycles. The maximum Gasteiger partial charge on any atom is 0.264 e. The van der Waals surface area contributed by atoms with Crippen molar-refractivity contribution < 1.29 is 4.42 Å². The minimum absolute atomic E-state index is 0.605. The first-order chi connectivity index (χ1) is 12.9. The van der Waals surface area contributed by atoms with E-state index in [1.807, 2.05) is 30.3 Å². The summed E-state index contributed by atoms with van der Waals surface area (Å²) in [6, 6.07) is 16.2. The molecular weight excluding hydrogens is 322 g/mol. The van der Waals surface area contributed by atoms with Gasteiger partial charge in [0.15, 0.2) is 11.4 Å². The summed E-state index contributed by atoms with van der Waals surface area (Å²) in [6.45, 7) is 3.20. The van der Waals surface area contributed by atoms with Crippen LogP contribution in [-0.2, 0) is 6.54 Å². The van der Waals surface area contributed by atoms with Gasteiger partial charge in [0.1, 0.15) is 5.52 Å². The molecule has 0 atom stereocenters. The maximum absolute atomic E-state index is 5.99. The number of benzene rings is 2. The lowest BCUT2D eigenvalue weighted by Gasteiger charge is -2.07. The molecule has 0 N–H and O–H groups in total. The topological polar surface area (TPSA) is 43.9 Å². The minimum Gasteiger partial charge on any atom is -0.434 e. The third-order valence-electron chi connectivity index (χ3n) is 4.87. The van der Waals surface area contributed by atoms with Crippen LogP contribution < -0.4 is 0 Å². The molecule has 2 aromatic heterocycles. The van der Waals surface area contributed by atoms with E-state index < -0.39 is 0 Å². The second-order valence-electron chi connectivity index (χ2n) is 6.83. The van der Waals surface area contributed by atoms with E-state index in [2.05, 4.69) is 34.7 Å². The van der Waals surface area contributed by atoms with Gasteiger partial charge in [0, 0.05) is 6.54 Å². The number of fused-ring (bicyclic) bond motifs is 2. The predicted molar refractivity (Wildman–Crippen MR) is 106 cm³/mol. The standard InChI is InChI=1S/C22H25N3O/c1-2-3-4-5-6-11-16-25-19-14-9-7-12-17(19)23-21(25)22-24-18-13-8-10-15-20(18)26-22/h7-10,12-15H,2-6,11,16H2,1H3. The van der Waals surface area contributed by atoms with Crippen molar-refractivity contribution in [2.45, 2.75) is 52.0 Å². The smallest absolute Gasteiger partial charge is 0.264 e. The van der Waals surface area contributed by atoms with Crippen LogP contribution in [0.5, 0.6) is 0 Å². The molecule has 2 aromatic carbocycles. The van der Waals surface area contributed by atoms with Crippen LogP contribution in [0.25, 0.3) is 33.8 Å². The van der Waals surface area contributed by atoms with Gasteiger partial charge in [0.2, 0.25) is 0 Å². The molecule has 134 valence electrons. The lowest BCUT2D eigenvalue weighted by Crippen LogP contribution is -2.01. The van der Waals surface area contributed by atoms with Crippen molar-refractivity contribution in [2.75, 3.05) is 0 Å². The quantitative estimate of drug-likeness (QED) is 0.356. The number of hydrogen-bond donors (Lipinski definition) is 0. The number of aryl methyl sites for hydroxylation is 1. The van der Waals surface area contributed by atoms with Crippen LogP contribution in [0.15, 0.2) is 52.9 Å². The molecular formula is C22H25N3O. The van der Waals surface area contributed by atoms with Gasteiger partial charge in [0.25, 0.3) is 5.89 Å². The Morgan fingerprint density at radius 2 is 1.54 bits per heavy atom. The van der Waals surface area contributed by atoms with Crippen LogP contribution in [0, 0.1) is 0 Å². The fraction of sp³-hybridized carbons (Fsp3) is 0.364.